The second-order valence-corrected chi connectivity index (χ2v) is 5.12. The summed E-state index contributed by atoms with van der Waals surface area (Å²) in [6.07, 6.45) is 10.1. The van der Waals surface area contributed by atoms with Gasteiger partial charge in [-0.05, 0) is 25.7 Å². The first-order valence-corrected chi connectivity index (χ1v) is 6.89. The lowest BCUT2D eigenvalue weighted by Crippen LogP contribution is -3.13. The lowest BCUT2D eigenvalue weighted by molar-refractivity contribution is -0.908. The van der Waals surface area contributed by atoms with E-state index in [1.165, 1.54) is 64.6 Å². The summed E-state index contributed by atoms with van der Waals surface area (Å²) in [7, 11) is 0. The molecule has 1 heterocycles. The quantitative estimate of drug-likeness (QED) is 0.544. The van der Waals surface area contributed by atoms with Crippen LogP contribution in [0.15, 0.2) is 0 Å². The van der Waals surface area contributed by atoms with Crippen molar-refractivity contribution < 1.29 is 4.90 Å². The minimum atomic E-state index is 0.981. The van der Waals surface area contributed by atoms with Crippen molar-refractivity contribution in [2.75, 3.05) is 19.6 Å². The van der Waals surface area contributed by atoms with Crippen LogP contribution in [0.3, 0.4) is 0 Å². The van der Waals surface area contributed by atoms with Crippen LogP contribution >= 0.6 is 0 Å². The van der Waals surface area contributed by atoms with E-state index in [1.54, 1.807) is 0 Å². The van der Waals surface area contributed by atoms with Crippen molar-refractivity contribution in [3.8, 4) is 0 Å². The molecule has 0 aromatic rings. The van der Waals surface area contributed by atoms with Gasteiger partial charge in [0.15, 0.2) is 0 Å². The van der Waals surface area contributed by atoms with Crippen LogP contribution in [0, 0.1) is 17.8 Å². The SMILES string of the molecule is CCCCCCC[NH+]1CCCC(C)C1.[C-]#N. The number of nitrogens with one attached hydrogen (secondary N) is 1. The van der Waals surface area contributed by atoms with Gasteiger partial charge >= 0.3 is 0 Å². The standard InChI is InChI=1S/C13H27N.CN/c1-3-4-5-6-7-10-14-11-8-9-13(2)12-14;1-2/h13H,3-12H2,1-2H3;/q;-1/p+1. The third-order valence-electron chi connectivity index (χ3n) is 3.50. The van der Waals surface area contributed by atoms with E-state index in [2.05, 4.69) is 13.8 Å². The number of rotatable bonds is 6. The van der Waals surface area contributed by atoms with Gasteiger partial charge in [-0.2, -0.15) is 0 Å². The molecule has 16 heavy (non-hydrogen) atoms. The van der Waals surface area contributed by atoms with Crippen molar-refractivity contribution in [1.82, 2.24) is 0 Å². The van der Waals surface area contributed by atoms with E-state index in [1.807, 2.05) is 4.90 Å². The van der Waals surface area contributed by atoms with Gasteiger partial charge < -0.3 is 16.7 Å². The number of nitrogens with zero attached hydrogens (tertiary/aromatic N) is 1. The fourth-order valence-corrected chi connectivity index (χ4v) is 2.60. The zero-order chi connectivity index (χ0) is 12.2. The zero-order valence-corrected chi connectivity index (χ0v) is 11.1. The van der Waals surface area contributed by atoms with Crippen molar-refractivity contribution in [3.63, 3.8) is 0 Å². The Labute approximate surface area is 102 Å². The highest BCUT2D eigenvalue weighted by Crippen LogP contribution is 2.05. The van der Waals surface area contributed by atoms with Crippen LogP contribution in [0.5, 0.6) is 0 Å². The number of piperidine rings is 1. The number of unbranched alkanes of at least 4 members (excludes halogenated alkanes) is 4. The van der Waals surface area contributed by atoms with E-state index in [4.69, 9.17) is 11.8 Å². The van der Waals surface area contributed by atoms with Crippen LogP contribution in [0.4, 0.5) is 0 Å². The van der Waals surface area contributed by atoms with Crippen LogP contribution in [-0.4, -0.2) is 19.6 Å². The minimum Gasteiger partial charge on any atom is -0.512 e. The van der Waals surface area contributed by atoms with E-state index in [0.717, 1.165) is 5.92 Å². The Hall–Kier alpha value is -0.550. The Morgan fingerprint density at radius 2 is 1.88 bits per heavy atom. The largest absolute Gasteiger partial charge is 0.512 e. The molecule has 0 bridgehead atoms. The first-order chi connectivity index (χ1) is 7.83. The number of quaternary nitrogens is 1. The van der Waals surface area contributed by atoms with Crippen molar-refractivity contribution in [2.45, 2.75) is 58.8 Å². The van der Waals surface area contributed by atoms with E-state index in [9.17, 15) is 0 Å². The maximum atomic E-state index is 6.25. The van der Waals surface area contributed by atoms with E-state index in [-0.39, 0.29) is 0 Å². The molecule has 0 amide bonds. The summed E-state index contributed by atoms with van der Waals surface area (Å²) in [5.74, 6) is 0.981. The van der Waals surface area contributed by atoms with Gasteiger partial charge in [-0.25, -0.2) is 0 Å². The van der Waals surface area contributed by atoms with Crippen LogP contribution in [0.25, 0.3) is 0 Å². The Kier molecular flexibility index (Phi) is 10.6. The van der Waals surface area contributed by atoms with Gasteiger partial charge in [0.1, 0.15) is 0 Å². The summed E-state index contributed by atoms with van der Waals surface area (Å²) in [5.41, 5.74) is 0. The monoisotopic (exact) mass is 224 g/mol. The van der Waals surface area contributed by atoms with Gasteiger partial charge in [0, 0.05) is 5.92 Å². The summed E-state index contributed by atoms with van der Waals surface area (Å²) in [4.78, 5) is 1.88. The lowest BCUT2D eigenvalue weighted by Gasteiger charge is -2.27. The number of hydrogen-bond acceptors (Lipinski definition) is 1. The molecule has 1 rings (SSSR count). The first kappa shape index (κ1) is 15.4. The van der Waals surface area contributed by atoms with Crippen molar-refractivity contribution in [2.24, 2.45) is 5.92 Å². The molecule has 0 saturated carbocycles. The third-order valence-corrected chi connectivity index (χ3v) is 3.50. The summed E-state index contributed by atoms with van der Waals surface area (Å²) in [6, 6.07) is 0. The lowest BCUT2D eigenvalue weighted by atomic mass is 10.00. The van der Waals surface area contributed by atoms with E-state index < -0.39 is 0 Å². The summed E-state index contributed by atoms with van der Waals surface area (Å²) in [6.45, 7) is 13.8. The van der Waals surface area contributed by atoms with Gasteiger partial charge in [0.25, 0.3) is 0 Å². The second kappa shape index (κ2) is 11.0. The first-order valence-electron chi connectivity index (χ1n) is 6.89. The van der Waals surface area contributed by atoms with Crippen molar-refractivity contribution in [3.05, 3.63) is 6.57 Å². The molecule has 94 valence electrons. The second-order valence-electron chi connectivity index (χ2n) is 5.12. The highest BCUT2D eigenvalue weighted by atomic mass is 15.1. The summed E-state index contributed by atoms with van der Waals surface area (Å²) < 4.78 is 0. The molecule has 1 aliphatic rings. The fraction of sp³-hybridized carbons (Fsp3) is 0.929. The zero-order valence-electron chi connectivity index (χ0n) is 11.1. The maximum Gasteiger partial charge on any atom is 0.0796 e. The highest BCUT2D eigenvalue weighted by molar-refractivity contribution is 4.55. The molecule has 2 heteroatoms. The van der Waals surface area contributed by atoms with Crippen LogP contribution < -0.4 is 4.90 Å². The van der Waals surface area contributed by atoms with Crippen LogP contribution in [-0.2, 0) is 0 Å². The molecular weight excluding hydrogens is 196 g/mol. The number of hydrogen-bond donors (Lipinski definition) is 1. The molecule has 0 aromatic heterocycles. The average molecular weight is 224 g/mol. The average Bonchev–Trinajstić information content (AvgIpc) is 2.32. The molecule has 0 aromatic carbocycles. The van der Waals surface area contributed by atoms with Crippen LogP contribution in [0.1, 0.15) is 58.8 Å². The molecule has 2 nitrogen and oxygen atoms in total. The number of likely N-dealkylation sites (tertiary alicyclic amines) is 1. The maximum absolute atomic E-state index is 6.25. The van der Waals surface area contributed by atoms with Crippen molar-refractivity contribution in [1.29, 1.82) is 5.26 Å². The highest BCUT2D eigenvalue weighted by Gasteiger charge is 2.18. The summed E-state index contributed by atoms with van der Waals surface area (Å²) in [5, 5.41) is 6.25. The van der Waals surface area contributed by atoms with Crippen molar-refractivity contribution >= 4 is 0 Å². The van der Waals surface area contributed by atoms with Gasteiger partial charge in [-0.15, -0.1) is 0 Å². The van der Waals surface area contributed by atoms with Gasteiger partial charge in [0.05, 0.1) is 19.6 Å². The molecule has 1 saturated heterocycles. The fourth-order valence-electron chi connectivity index (χ4n) is 2.60. The normalized spacial score (nSPS) is 24.5. The topological polar surface area (TPSA) is 28.2 Å². The van der Waals surface area contributed by atoms with Crippen LogP contribution in [0.2, 0.25) is 0 Å². The minimum absolute atomic E-state index is 0.981. The Bertz CT molecular complexity index is 165. The molecule has 1 aliphatic heterocycles. The smallest absolute Gasteiger partial charge is 0.0796 e. The molecule has 0 spiro atoms. The Morgan fingerprint density at radius 3 is 2.50 bits per heavy atom. The molecule has 0 aliphatic carbocycles. The van der Waals surface area contributed by atoms with Gasteiger partial charge in [-0.3, -0.25) is 0 Å². The molecular formula is C14H28N2. The molecule has 2 atom stereocenters. The molecule has 1 fully saturated rings. The molecule has 2 unspecified atom stereocenters. The van der Waals surface area contributed by atoms with Gasteiger partial charge in [-0.1, -0.05) is 33.1 Å². The van der Waals surface area contributed by atoms with Gasteiger partial charge in [0.2, 0.25) is 0 Å². The molecule has 1 N–H and O–H groups in total. The van der Waals surface area contributed by atoms with E-state index in [0.29, 0.717) is 0 Å². The molecule has 0 radical (unpaired) electrons. The van der Waals surface area contributed by atoms with E-state index >= 15 is 0 Å². The summed E-state index contributed by atoms with van der Waals surface area (Å²) >= 11 is 0. The predicted molar refractivity (Wildman–Crippen MR) is 67.7 cm³/mol. The third kappa shape index (κ3) is 7.70. The predicted octanol–water partition coefficient (Wildman–Crippen LogP) is 2.37. The Balaban J connectivity index is 0.00000106. The Morgan fingerprint density at radius 1 is 1.19 bits per heavy atom.